The molecular formula is C15H14BrFN2O. The summed E-state index contributed by atoms with van der Waals surface area (Å²) >= 11 is 3.19. The Morgan fingerprint density at radius 2 is 2.15 bits per heavy atom. The summed E-state index contributed by atoms with van der Waals surface area (Å²) in [4.78, 5) is 15.8. The molecule has 0 spiro atoms. The molecule has 0 radical (unpaired) electrons. The minimum atomic E-state index is -0.329. The quantitative estimate of drug-likeness (QED) is 0.910. The largest absolute Gasteiger partial charge is 0.352 e. The van der Waals surface area contributed by atoms with E-state index in [1.165, 1.54) is 6.07 Å². The summed E-state index contributed by atoms with van der Waals surface area (Å²) in [5.74, 6) is -0.442. The molecule has 0 aliphatic heterocycles. The maximum Gasteiger partial charge on any atom is 0.220 e. The van der Waals surface area contributed by atoms with E-state index in [0.29, 0.717) is 22.9 Å². The molecule has 0 unspecified atom stereocenters. The molecule has 2 aromatic rings. The number of aryl methyl sites for hydroxylation is 1. The fraction of sp³-hybridized carbons (Fsp3) is 0.200. The lowest BCUT2D eigenvalue weighted by atomic mass is 10.2. The van der Waals surface area contributed by atoms with Gasteiger partial charge in [-0.3, -0.25) is 9.78 Å². The second-order valence-electron chi connectivity index (χ2n) is 4.33. The maximum absolute atomic E-state index is 13.6. The third-order valence-corrected chi connectivity index (χ3v) is 3.32. The molecule has 5 heteroatoms. The Hall–Kier alpha value is -1.75. The summed E-state index contributed by atoms with van der Waals surface area (Å²) in [6.07, 6.45) is 2.62. The first kappa shape index (κ1) is 14.7. The summed E-state index contributed by atoms with van der Waals surface area (Å²) in [5.41, 5.74) is 1.34. The first-order chi connectivity index (χ1) is 9.65. The van der Waals surface area contributed by atoms with Gasteiger partial charge in [-0.05, 0) is 30.7 Å². The van der Waals surface area contributed by atoms with Gasteiger partial charge >= 0.3 is 0 Å². The smallest absolute Gasteiger partial charge is 0.220 e. The highest BCUT2D eigenvalue weighted by Crippen LogP contribution is 2.15. The van der Waals surface area contributed by atoms with E-state index in [1.54, 1.807) is 18.3 Å². The van der Waals surface area contributed by atoms with Crippen molar-refractivity contribution >= 4 is 21.8 Å². The van der Waals surface area contributed by atoms with E-state index < -0.39 is 0 Å². The monoisotopic (exact) mass is 336 g/mol. The van der Waals surface area contributed by atoms with Gasteiger partial charge in [-0.1, -0.05) is 28.1 Å². The van der Waals surface area contributed by atoms with Crippen LogP contribution in [0.2, 0.25) is 0 Å². The van der Waals surface area contributed by atoms with Gasteiger partial charge in [0.15, 0.2) is 0 Å². The van der Waals surface area contributed by atoms with Crippen LogP contribution in [0.1, 0.15) is 17.7 Å². The molecule has 2 rings (SSSR count). The molecule has 1 amide bonds. The Kier molecular flexibility index (Phi) is 5.24. The predicted octanol–water partition coefficient (Wildman–Crippen LogP) is 3.23. The number of amides is 1. The highest BCUT2D eigenvalue weighted by Gasteiger charge is 2.06. The second-order valence-corrected chi connectivity index (χ2v) is 5.25. The van der Waals surface area contributed by atoms with Crippen LogP contribution >= 0.6 is 15.9 Å². The van der Waals surface area contributed by atoms with Gasteiger partial charge in [-0.15, -0.1) is 0 Å². The van der Waals surface area contributed by atoms with Crippen molar-refractivity contribution < 1.29 is 9.18 Å². The number of nitrogens with one attached hydrogen (secondary N) is 1. The number of aromatic nitrogens is 1. The van der Waals surface area contributed by atoms with E-state index >= 15 is 0 Å². The molecule has 1 aromatic carbocycles. The van der Waals surface area contributed by atoms with Crippen molar-refractivity contribution in [3.05, 3.63) is 64.1 Å². The molecule has 1 aromatic heterocycles. The zero-order valence-electron chi connectivity index (χ0n) is 10.8. The van der Waals surface area contributed by atoms with E-state index in [-0.39, 0.29) is 18.3 Å². The predicted molar refractivity (Wildman–Crippen MR) is 78.5 cm³/mol. The zero-order chi connectivity index (χ0) is 14.4. The van der Waals surface area contributed by atoms with Crippen LogP contribution in [-0.4, -0.2) is 10.9 Å². The van der Waals surface area contributed by atoms with Gasteiger partial charge in [0.2, 0.25) is 5.91 Å². The van der Waals surface area contributed by atoms with Crippen LogP contribution in [0.3, 0.4) is 0 Å². The van der Waals surface area contributed by atoms with Crippen molar-refractivity contribution in [2.75, 3.05) is 0 Å². The van der Waals surface area contributed by atoms with Gasteiger partial charge < -0.3 is 5.32 Å². The first-order valence-corrected chi connectivity index (χ1v) is 7.05. The molecule has 1 N–H and O–H groups in total. The number of carbonyl (C=O) groups excluding carboxylic acids is 1. The standard InChI is InChI=1S/C15H14BrFN2O/c16-12-5-4-11(14(17)9-12)10-19-15(20)7-6-13-3-1-2-8-18-13/h1-5,8-9H,6-7,10H2,(H,19,20). The molecule has 0 atom stereocenters. The first-order valence-electron chi connectivity index (χ1n) is 6.25. The Bertz CT molecular complexity index is 590. The minimum Gasteiger partial charge on any atom is -0.352 e. The van der Waals surface area contributed by atoms with E-state index in [9.17, 15) is 9.18 Å². The van der Waals surface area contributed by atoms with Crippen LogP contribution in [0.5, 0.6) is 0 Å². The highest BCUT2D eigenvalue weighted by atomic mass is 79.9. The van der Waals surface area contributed by atoms with Crippen LogP contribution in [0, 0.1) is 5.82 Å². The molecule has 3 nitrogen and oxygen atoms in total. The van der Waals surface area contributed by atoms with Crippen LogP contribution in [-0.2, 0) is 17.8 Å². The fourth-order valence-electron chi connectivity index (χ4n) is 1.73. The lowest BCUT2D eigenvalue weighted by molar-refractivity contribution is -0.121. The summed E-state index contributed by atoms with van der Waals surface area (Å²) in [5, 5.41) is 2.71. The third kappa shape index (κ3) is 4.42. The summed E-state index contributed by atoms with van der Waals surface area (Å²) < 4.78 is 14.2. The van der Waals surface area contributed by atoms with Crippen LogP contribution in [0.25, 0.3) is 0 Å². The van der Waals surface area contributed by atoms with Gasteiger partial charge in [0, 0.05) is 34.9 Å². The fourth-order valence-corrected chi connectivity index (χ4v) is 2.07. The van der Waals surface area contributed by atoms with Crippen LogP contribution in [0.15, 0.2) is 47.1 Å². The number of pyridine rings is 1. The molecule has 0 aliphatic carbocycles. The molecule has 104 valence electrons. The van der Waals surface area contributed by atoms with Crippen molar-refractivity contribution in [3.8, 4) is 0 Å². The molecule has 0 saturated heterocycles. The van der Waals surface area contributed by atoms with Crippen molar-refractivity contribution in [1.29, 1.82) is 0 Å². The SMILES string of the molecule is O=C(CCc1ccccn1)NCc1ccc(Br)cc1F. The molecule has 1 heterocycles. The highest BCUT2D eigenvalue weighted by molar-refractivity contribution is 9.10. The molecular weight excluding hydrogens is 323 g/mol. The number of nitrogens with zero attached hydrogens (tertiary/aromatic N) is 1. The third-order valence-electron chi connectivity index (χ3n) is 2.83. The summed E-state index contributed by atoms with van der Waals surface area (Å²) in [6.45, 7) is 0.195. The molecule has 0 aliphatic rings. The molecule has 0 fully saturated rings. The number of carbonyl (C=O) groups is 1. The van der Waals surface area contributed by atoms with Crippen molar-refractivity contribution in [2.45, 2.75) is 19.4 Å². The van der Waals surface area contributed by atoms with E-state index in [2.05, 4.69) is 26.2 Å². The van der Waals surface area contributed by atoms with E-state index in [4.69, 9.17) is 0 Å². The van der Waals surface area contributed by atoms with Crippen molar-refractivity contribution in [1.82, 2.24) is 10.3 Å². The van der Waals surface area contributed by atoms with Gasteiger partial charge in [-0.25, -0.2) is 4.39 Å². The lowest BCUT2D eigenvalue weighted by Crippen LogP contribution is -2.23. The van der Waals surface area contributed by atoms with Crippen LogP contribution in [0.4, 0.5) is 4.39 Å². The molecule has 0 bridgehead atoms. The van der Waals surface area contributed by atoms with E-state index in [0.717, 1.165) is 5.69 Å². The Labute approximate surface area is 125 Å². The topological polar surface area (TPSA) is 42.0 Å². The van der Waals surface area contributed by atoms with Gasteiger partial charge in [0.25, 0.3) is 0 Å². The number of hydrogen-bond acceptors (Lipinski definition) is 2. The van der Waals surface area contributed by atoms with Crippen molar-refractivity contribution in [2.24, 2.45) is 0 Å². The van der Waals surface area contributed by atoms with Gasteiger partial charge in [0.05, 0.1) is 0 Å². The zero-order valence-corrected chi connectivity index (χ0v) is 12.4. The van der Waals surface area contributed by atoms with Crippen molar-refractivity contribution in [3.63, 3.8) is 0 Å². The Morgan fingerprint density at radius 1 is 1.30 bits per heavy atom. The number of halogens is 2. The number of rotatable bonds is 5. The van der Waals surface area contributed by atoms with Gasteiger partial charge in [-0.2, -0.15) is 0 Å². The summed E-state index contributed by atoms with van der Waals surface area (Å²) in [7, 11) is 0. The number of benzene rings is 1. The van der Waals surface area contributed by atoms with Crippen LogP contribution < -0.4 is 5.32 Å². The maximum atomic E-state index is 13.6. The normalized spacial score (nSPS) is 10.3. The minimum absolute atomic E-state index is 0.113. The van der Waals surface area contributed by atoms with Gasteiger partial charge in [0.1, 0.15) is 5.82 Å². The Balaban J connectivity index is 1.80. The lowest BCUT2D eigenvalue weighted by Gasteiger charge is -2.06. The van der Waals surface area contributed by atoms with E-state index in [1.807, 2.05) is 18.2 Å². The average molecular weight is 337 g/mol. The number of hydrogen-bond donors (Lipinski definition) is 1. The summed E-state index contributed by atoms with van der Waals surface area (Å²) in [6, 6.07) is 10.4. The Morgan fingerprint density at radius 3 is 2.85 bits per heavy atom. The second kappa shape index (κ2) is 7.14. The molecule has 20 heavy (non-hydrogen) atoms. The molecule has 0 saturated carbocycles. The average Bonchev–Trinajstić information content (AvgIpc) is 2.45.